The molecule has 4 heteroatoms. The average molecular weight is 352 g/mol. The van der Waals surface area contributed by atoms with E-state index in [4.69, 9.17) is 4.74 Å². The normalized spacial score (nSPS) is 21.3. The van der Waals surface area contributed by atoms with Gasteiger partial charge in [-0.15, -0.1) is 11.3 Å². The molecule has 2 aromatic rings. The van der Waals surface area contributed by atoms with E-state index in [0.29, 0.717) is 6.04 Å². The number of thiophene rings is 1. The standard InChI is InChI=1S/C16H18BrNOS/c1-2-7-18-13-9-15(16-8-11(17)10-20-16)19-14-6-4-3-5-12(13)14/h3-6,8,10,13,15,18H,2,7,9H2,1H3. The molecule has 2 heterocycles. The fourth-order valence-corrected chi connectivity index (χ4v) is 4.09. The molecular weight excluding hydrogens is 334 g/mol. The largest absolute Gasteiger partial charge is 0.484 e. The summed E-state index contributed by atoms with van der Waals surface area (Å²) in [5.74, 6) is 1.02. The van der Waals surface area contributed by atoms with Crippen LogP contribution in [0.15, 0.2) is 40.2 Å². The molecule has 2 unspecified atom stereocenters. The Morgan fingerprint density at radius 2 is 2.25 bits per heavy atom. The van der Waals surface area contributed by atoms with Crippen molar-refractivity contribution in [3.05, 3.63) is 50.6 Å². The van der Waals surface area contributed by atoms with Crippen molar-refractivity contribution in [1.82, 2.24) is 5.32 Å². The number of para-hydroxylation sites is 1. The number of nitrogens with one attached hydrogen (secondary N) is 1. The Balaban J connectivity index is 1.87. The van der Waals surface area contributed by atoms with Gasteiger partial charge in [-0.25, -0.2) is 0 Å². The summed E-state index contributed by atoms with van der Waals surface area (Å²) < 4.78 is 7.33. The summed E-state index contributed by atoms with van der Waals surface area (Å²) in [6.45, 7) is 3.24. The van der Waals surface area contributed by atoms with Gasteiger partial charge in [-0.05, 0) is 41.0 Å². The fourth-order valence-electron chi connectivity index (χ4n) is 2.60. The monoisotopic (exact) mass is 351 g/mol. The van der Waals surface area contributed by atoms with Gasteiger partial charge in [-0.2, -0.15) is 0 Å². The molecule has 1 aliphatic rings. The van der Waals surface area contributed by atoms with Crippen molar-refractivity contribution in [2.45, 2.75) is 31.9 Å². The van der Waals surface area contributed by atoms with E-state index in [-0.39, 0.29) is 6.10 Å². The highest BCUT2D eigenvalue weighted by Crippen LogP contribution is 2.42. The average Bonchev–Trinajstić information content (AvgIpc) is 2.91. The molecule has 1 N–H and O–H groups in total. The summed E-state index contributed by atoms with van der Waals surface area (Å²) in [7, 11) is 0. The van der Waals surface area contributed by atoms with E-state index in [1.807, 2.05) is 6.07 Å². The Morgan fingerprint density at radius 1 is 1.40 bits per heavy atom. The molecule has 2 atom stereocenters. The van der Waals surface area contributed by atoms with Crippen LogP contribution in [0.2, 0.25) is 0 Å². The van der Waals surface area contributed by atoms with Gasteiger partial charge in [0.15, 0.2) is 0 Å². The minimum atomic E-state index is 0.149. The van der Waals surface area contributed by atoms with E-state index in [2.05, 4.69) is 57.8 Å². The third-order valence-electron chi connectivity index (χ3n) is 3.56. The van der Waals surface area contributed by atoms with Crippen molar-refractivity contribution in [3.63, 3.8) is 0 Å². The van der Waals surface area contributed by atoms with E-state index < -0.39 is 0 Å². The first-order valence-electron chi connectivity index (χ1n) is 7.01. The van der Waals surface area contributed by atoms with Gasteiger partial charge in [0.25, 0.3) is 0 Å². The maximum absolute atomic E-state index is 6.19. The van der Waals surface area contributed by atoms with Crippen molar-refractivity contribution in [1.29, 1.82) is 0 Å². The molecule has 2 nitrogen and oxygen atoms in total. The molecule has 0 bridgehead atoms. The Hall–Kier alpha value is -0.840. The van der Waals surface area contributed by atoms with E-state index in [1.165, 1.54) is 10.4 Å². The molecular formula is C16H18BrNOS. The maximum atomic E-state index is 6.19. The van der Waals surface area contributed by atoms with Crippen LogP contribution in [0.4, 0.5) is 0 Å². The van der Waals surface area contributed by atoms with E-state index >= 15 is 0 Å². The third-order valence-corrected chi connectivity index (χ3v) is 5.34. The van der Waals surface area contributed by atoms with Gasteiger partial charge in [-0.1, -0.05) is 25.1 Å². The summed E-state index contributed by atoms with van der Waals surface area (Å²) in [6.07, 6.45) is 2.29. The molecule has 20 heavy (non-hydrogen) atoms. The predicted molar refractivity (Wildman–Crippen MR) is 87.5 cm³/mol. The van der Waals surface area contributed by atoms with Crippen LogP contribution in [0.3, 0.4) is 0 Å². The quantitative estimate of drug-likeness (QED) is 0.829. The van der Waals surface area contributed by atoms with Crippen LogP contribution in [-0.4, -0.2) is 6.54 Å². The van der Waals surface area contributed by atoms with Gasteiger partial charge in [0.1, 0.15) is 11.9 Å². The predicted octanol–water partition coefficient (Wildman–Crippen LogP) is 5.08. The van der Waals surface area contributed by atoms with Crippen molar-refractivity contribution in [2.24, 2.45) is 0 Å². The Bertz CT molecular complexity index is 583. The molecule has 1 aromatic heterocycles. The first-order valence-corrected chi connectivity index (χ1v) is 8.68. The second kappa shape index (κ2) is 6.29. The topological polar surface area (TPSA) is 21.3 Å². The van der Waals surface area contributed by atoms with E-state index in [9.17, 15) is 0 Å². The number of ether oxygens (including phenoxy) is 1. The minimum Gasteiger partial charge on any atom is -0.484 e. The molecule has 0 saturated carbocycles. The van der Waals surface area contributed by atoms with Crippen molar-refractivity contribution in [3.8, 4) is 5.75 Å². The highest BCUT2D eigenvalue weighted by molar-refractivity contribution is 9.10. The Morgan fingerprint density at radius 3 is 3.00 bits per heavy atom. The van der Waals surface area contributed by atoms with Gasteiger partial charge in [0, 0.05) is 32.8 Å². The molecule has 0 saturated heterocycles. The Labute approximate surface area is 132 Å². The molecule has 0 amide bonds. The van der Waals surface area contributed by atoms with Crippen molar-refractivity contribution in [2.75, 3.05) is 6.54 Å². The maximum Gasteiger partial charge on any atom is 0.135 e. The lowest BCUT2D eigenvalue weighted by Gasteiger charge is -2.32. The van der Waals surface area contributed by atoms with Gasteiger partial charge in [0.2, 0.25) is 0 Å². The zero-order valence-electron chi connectivity index (χ0n) is 11.4. The minimum absolute atomic E-state index is 0.149. The summed E-state index contributed by atoms with van der Waals surface area (Å²) in [5, 5.41) is 5.77. The molecule has 0 spiro atoms. The van der Waals surface area contributed by atoms with Gasteiger partial charge in [0.05, 0.1) is 0 Å². The smallest absolute Gasteiger partial charge is 0.135 e. The first-order chi connectivity index (χ1) is 9.78. The van der Waals surface area contributed by atoms with Crippen molar-refractivity contribution >= 4 is 27.3 Å². The summed E-state index contributed by atoms with van der Waals surface area (Å²) in [6, 6.07) is 10.9. The second-order valence-corrected chi connectivity index (χ2v) is 6.91. The van der Waals surface area contributed by atoms with Gasteiger partial charge in [-0.3, -0.25) is 0 Å². The highest BCUT2D eigenvalue weighted by Gasteiger charge is 2.29. The molecule has 0 aliphatic carbocycles. The molecule has 1 aromatic carbocycles. The Kier molecular flexibility index (Phi) is 4.44. The number of fused-ring (bicyclic) bond motifs is 1. The number of hydrogen-bond donors (Lipinski definition) is 1. The van der Waals surface area contributed by atoms with Crippen LogP contribution in [0.5, 0.6) is 5.75 Å². The molecule has 0 radical (unpaired) electrons. The summed E-state index contributed by atoms with van der Waals surface area (Å²) in [4.78, 5) is 1.29. The number of benzene rings is 1. The molecule has 106 valence electrons. The molecule has 3 rings (SSSR count). The van der Waals surface area contributed by atoms with Crippen molar-refractivity contribution < 1.29 is 4.74 Å². The van der Waals surface area contributed by atoms with Crippen LogP contribution in [-0.2, 0) is 0 Å². The highest BCUT2D eigenvalue weighted by atomic mass is 79.9. The fraction of sp³-hybridized carbons (Fsp3) is 0.375. The van der Waals surface area contributed by atoms with Gasteiger partial charge >= 0.3 is 0 Å². The van der Waals surface area contributed by atoms with Crippen LogP contribution < -0.4 is 10.1 Å². The van der Waals surface area contributed by atoms with Gasteiger partial charge < -0.3 is 10.1 Å². The molecule has 1 aliphatic heterocycles. The second-order valence-electron chi connectivity index (χ2n) is 5.05. The summed E-state index contributed by atoms with van der Waals surface area (Å²) >= 11 is 5.28. The third kappa shape index (κ3) is 2.92. The SMILES string of the molecule is CCCNC1CC(c2cc(Br)cs2)Oc2ccccc21. The van der Waals surface area contributed by atoms with E-state index in [0.717, 1.165) is 29.6 Å². The zero-order chi connectivity index (χ0) is 13.9. The van der Waals surface area contributed by atoms with Crippen LogP contribution >= 0.6 is 27.3 Å². The first kappa shape index (κ1) is 14.1. The van der Waals surface area contributed by atoms with Crippen LogP contribution in [0.1, 0.15) is 42.4 Å². The van der Waals surface area contributed by atoms with Crippen LogP contribution in [0, 0.1) is 0 Å². The molecule has 0 fully saturated rings. The number of halogens is 1. The zero-order valence-corrected chi connectivity index (χ0v) is 13.8. The lowest BCUT2D eigenvalue weighted by atomic mass is 9.95. The van der Waals surface area contributed by atoms with Crippen LogP contribution in [0.25, 0.3) is 0 Å². The van der Waals surface area contributed by atoms with E-state index in [1.54, 1.807) is 11.3 Å². The number of hydrogen-bond acceptors (Lipinski definition) is 3. The lowest BCUT2D eigenvalue weighted by molar-refractivity contribution is 0.155. The number of rotatable bonds is 4. The summed E-state index contributed by atoms with van der Waals surface area (Å²) in [5.41, 5.74) is 1.29. The lowest BCUT2D eigenvalue weighted by Crippen LogP contribution is -2.29.